The fourth-order valence-electron chi connectivity index (χ4n) is 5.71. The minimum Gasteiger partial charge on any atom is -0.339 e. The van der Waals surface area contributed by atoms with Crippen LogP contribution in [0.25, 0.3) is 0 Å². The van der Waals surface area contributed by atoms with Crippen LogP contribution >= 0.6 is 0 Å². The van der Waals surface area contributed by atoms with E-state index in [9.17, 15) is 27.6 Å². The zero-order valence-corrected chi connectivity index (χ0v) is 23.0. The lowest BCUT2D eigenvalue weighted by Gasteiger charge is -2.28. The fraction of sp³-hybridized carbons (Fsp3) is 0.571. The molecule has 0 radical (unpaired) electrons. The molecule has 2 saturated carbocycles. The van der Waals surface area contributed by atoms with E-state index in [2.05, 4.69) is 15.7 Å². The van der Waals surface area contributed by atoms with Crippen molar-refractivity contribution in [3.63, 3.8) is 0 Å². The number of carbonyl (C=O) groups excluding carboxylic acids is 3. The number of rotatable bonds is 10. The van der Waals surface area contributed by atoms with E-state index in [1.165, 1.54) is 25.3 Å². The second-order valence-corrected chi connectivity index (χ2v) is 11.6. The van der Waals surface area contributed by atoms with Crippen LogP contribution in [0.15, 0.2) is 30.5 Å². The number of alkyl halides is 3. The van der Waals surface area contributed by atoms with Gasteiger partial charge in [-0.2, -0.15) is 18.3 Å². The van der Waals surface area contributed by atoms with Crippen molar-refractivity contribution in [1.82, 2.24) is 25.3 Å². The molecule has 3 aliphatic rings. The predicted octanol–water partition coefficient (Wildman–Crippen LogP) is 4.79. The average molecular weight is 579 g/mol. The topological polar surface area (TPSA) is 108 Å². The first-order valence-corrected chi connectivity index (χ1v) is 13.9. The molecule has 5 rings (SSSR count). The van der Waals surface area contributed by atoms with Gasteiger partial charge in [-0.1, -0.05) is 6.07 Å². The third-order valence-corrected chi connectivity index (χ3v) is 8.21. The SMILES string of the molecule is CC(C)n1nccc1C(=O)N[C@H](C(=O)Nc1ccc([C@H](C)N2C[C@@H](C(F)(F)F)NC2=O)cc1F)C(C1CC1)C1CC1. The number of hydrogen-bond acceptors (Lipinski definition) is 4. The molecular formula is C28H34F4N6O3. The summed E-state index contributed by atoms with van der Waals surface area (Å²) >= 11 is 0. The molecule has 2 aromatic rings. The van der Waals surface area contributed by atoms with Gasteiger partial charge in [0.15, 0.2) is 0 Å². The summed E-state index contributed by atoms with van der Waals surface area (Å²) in [5.74, 6) is -1.25. The molecule has 4 amide bonds. The van der Waals surface area contributed by atoms with Crippen LogP contribution < -0.4 is 16.0 Å². The Kier molecular flexibility index (Phi) is 7.73. The van der Waals surface area contributed by atoms with E-state index >= 15 is 4.39 Å². The summed E-state index contributed by atoms with van der Waals surface area (Å²) in [6, 6.07) is 0.793. The fourth-order valence-corrected chi connectivity index (χ4v) is 5.71. The standard InChI is InChI=1S/C28H34F4N6O3/c1-14(2)38-21(10-11-33-38)25(39)36-24(23(16-4-5-16)17-6-7-17)26(40)34-20-9-8-18(12-19(20)29)15(3)37-13-22(28(30,31)32)35-27(37)41/h8-12,14-17,22-24H,4-7,13H2,1-3H3,(H,34,40)(H,35,41)(H,36,39)/t15-,22-,24-/m0/s1. The summed E-state index contributed by atoms with van der Waals surface area (Å²) in [6.07, 6.45) is 0.782. The highest BCUT2D eigenvalue weighted by molar-refractivity contribution is 6.01. The zero-order valence-electron chi connectivity index (χ0n) is 23.0. The molecule has 2 heterocycles. The van der Waals surface area contributed by atoms with Gasteiger partial charge in [-0.15, -0.1) is 0 Å². The Hall–Kier alpha value is -3.64. The molecule has 222 valence electrons. The van der Waals surface area contributed by atoms with Gasteiger partial charge in [-0.05, 0) is 88.0 Å². The van der Waals surface area contributed by atoms with Crippen molar-refractivity contribution in [2.75, 3.05) is 11.9 Å². The molecule has 3 N–H and O–H groups in total. The highest BCUT2D eigenvalue weighted by Gasteiger charge is 2.49. The van der Waals surface area contributed by atoms with Crippen molar-refractivity contribution in [3.8, 4) is 0 Å². The molecule has 0 spiro atoms. The highest BCUT2D eigenvalue weighted by atomic mass is 19.4. The van der Waals surface area contributed by atoms with Gasteiger partial charge in [0, 0.05) is 12.2 Å². The summed E-state index contributed by atoms with van der Waals surface area (Å²) in [5, 5.41) is 11.6. The minimum absolute atomic E-state index is 0.0679. The summed E-state index contributed by atoms with van der Waals surface area (Å²) in [4.78, 5) is 40.0. The Morgan fingerprint density at radius 3 is 2.27 bits per heavy atom. The number of hydrogen-bond donors (Lipinski definition) is 3. The second kappa shape index (κ2) is 11.0. The largest absolute Gasteiger partial charge is 0.410 e. The minimum atomic E-state index is -4.59. The van der Waals surface area contributed by atoms with E-state index in [1.54, 1.807) is 10.7 Å². The van der Waals surface area contributed by atoms with Crippen LogP contribution in [-0.4, -0.2) is 57.3 Å². The van der Waals surface area contributed by atoms with Gasteiger partial charge in [0.05, 0.1) is 18.3 Å². The number of benzene rings is 1. The first kappa shape index (κ1) is 28.9. The molecule has 1 saturated heterocycles. The number of anilines is 1. The van der Waals surface area contributed by atoms with Crippen molar-refractivity contribution in [2.45, 2.75) is 76.8 Å². The number of amides is 4. The molecule has 1 aromatic carbocycles. The average Bonchev–Trinajstić information content (AvgIpc) is 3.83. The number of urea groups is 1. The van der Waals surface area contributed by atoms with Crippen LogP contribution in [-0.2, 0) is 4.79 Å². The number of nitrogens with zero attached hydrogens (tertiary/aromatic N) is 3. The molecule has 9 nitrogen and oxygen atoms in total. The first-order valence-electron chi connectivity index (χ1n) is 13.9. The van der Waals surface area contributed by atoms with Gasteiger partial charge in [-0.3, -0.25) is 14.3 Å². The molecule has 2 aliphatic carbocycles. The predicted molar refractivity (Wildman–Crippen MR) is 141 cm³/mol. The normalized spacial score (nSPS) is 20.8. The number of aromatic nitrogens is 2. The van der Waals surface area contributed by atoms with Crippen molar-refractivity contribution >= 4 is 23.5 Å². The van der Waals surface area contributed by atoms with Crippen LogP contribution in [0.1, 0.15) is 74.6 Å². The molecule has 0 bridgehead atoms. The van der Waals surface area contributed by atoms with Crippen LogP contribution in [0.5, 0.6) is 0 Å². The van der Waals surface area contributed by atoms with Crippen LogP contribution in [0.2, 0.25) is 0 Å². The lowest BCUT2D eigenvalue weighted by Crippen LogP contribution is -2.50. The summed E-state index contributed by atoms with van der Waals surface area (Å²) in [5.41, 5.74) is 0.479. The summed E-state index contributed by atoms with van der Waals surface area (Å²) in [7, 11) is 0. The van der Waals surface area contributed by atoms with Gasteiger partial charge in [-0.25, -0.2) is 9.18 Å². The monoisotopic (exact) mass is 578 g/mol. The molecular weight excluding hydrogens is 544 g/mol. The molecule has 41 heavy (non-hydrogen) atoms. The lowest BCUT2D eigenvalue weighted by atomic mass is 9.88. The van der Waals surface area contributed by atoms with E-state index in [0.29, 0.717) is 17.5 Å². The van der Waals surface area contributed by atoms with E-state index in [1.807, 2.05) is 19.2 Å². The van der Waals surface area contributed by atoms with Crippen LogP contribution in [0, 0.1) is 23.6 Å². The number of carbonyl (C=O) groups is 3. The Labute approximate surface area is 235 Å². The molecule has 0 unspecified atom stereocenters. The summed E-state index contributed by atoms with van der Waals surface area (Å²) < 4.78 is 56.1. The van der Waals surface area contributed by atoms with Crippen LogP contribution in [0.3, 0.4) is 0 Å². The Balaban J connectivity index is 1.33. The van der Waals surface area contributed by atoms with Crippen molar-refractivity contribution < 1.29 is 31.9 Å². The zero-order chi connectivity index (χ0) is 29.6. The van der Waals surface area contributed by atoms with Crippen LogP contribution in [0.4, 0.5) is 28.0 Å². The van der Waals surface area contributed by atoms with Gasteiger partial charge >= 0.3 is 12.2 Å². The van der Waals surface area contributed by atoms with Crippen molar-refractivity contribution in [1.29, 1.82) is 0 Å². The Bertz CT molecular complexity index is 1310. The third-order valence-electron chi connectivity index (χ3n) is 8.21. The van der Waals surface area contributed by atoms with Crippen molar-refractivity contribution in [2.24, 2.45) is 17.8 Å². The lowest BCUT2D eigenvalue weighted by molar-refractivity contribution is -0.150. The maximum absolute atomic E-state index is 15.2. The van der Waals surface area contributed by atoms with Gasteiger partial charge in [0.1, 0.15) is 23.6 Å². The number of halogens is 4. The van der Waals surface area contributed by atoms with Gasteiger partial charge < -0.3 is 20.9 Å². The molecule has 3 fully saturated rings. The highest BCUT2D eigenvalue weighted by Crippen LogP contribution is 2.51. The Morgan fingerprint density at radius 1 is 1.07 bits per heavy atom. The summed E-state index contributed by atoms with van der Waals surface area (Å²) in [6.45, 7) is 4.70. The molecule has 1 aliphatic heterocycles. The van der Waals surface area contributed by atoms with Gasteiger partial charge in [0.2, 0.25) is 5.91 Å². The smallest absolute Gasteiger partial charge is 0.339 e. The van der Waals surface area contributed by atoms with Crippen molar-refractivity contribution in [3.05, 3.63) is 47.5 Å². The third kappa shape index (κ3) is 6.18. The second-order valence-electron chi connectivity index (χ2n) is 11.6. The molecule has 13 heteroatoms. The van der Waals surface area contributed by atoms with E-state index in [4.69, 9.17) is 0 Å². The molecule has 3 atom stereocenters. The van der Waals surface area contributed by atoms with E-state index in [0.717, 1.165) is 36.6 Å². The maximum atomic E-state index is 15.2. The van der Waals surface area contributed by atoms with E-state index in [-0.39, 0.29) is 23.2 Å². The quantitative estimate of drug-likeness (QED) is 0.352. The molecule has 1 aromatic heterocycles. The maximum Gasteiger partial charge on any atom is 0.410 e. The Morgan fingerprint density at radius 2 is 1.73 bits per heavy atom. The van der Waals surface area contributed by atoms with Gasteiger partial charge in [0.25, 0.3) is 5.91 Å². The first-order chi connectivity index (χ1) is 19.3. The van der Waals surface area contributed by atoms with E-state index < -0.39 is 54.5 Å². The number of nitrogens with one attached hydrogen (secondary N) is 3.